The van der Waals surface area contributed by atoms with E-state index in [0.29, 0.717) is 18.5 Å². The second-order valence-corrected chi connectivity index (χ2v) is 4.13. The molecule has 2 rings (SSSR count). The Labute approximate surface area is 83.2 Å². The first kappa shape index (κ1) is 9.48. The van der Waals surface area contributed by atoms with Gasteiger partial charge < -0.3 is 10.5 Å². The van der Waals surface area contributed by atoms with Crippen LogP contribution in [-0.4, -0.2) is 28.2 Å². The second kappa shape index (κ2) is 3.25. The summed E-state index contributed by atoms with van der Waals surface area (Å²) >= 11 is 0. The topological polar surface area (TPSA) is 65.1 Å². The lowest BCUT2D eigenvalue weighted by Crippen LogP contribution is -2.40. The molecule has 1 aromatic rings. The summed E-state index contributed by atoms with van der Waals surface area (Å²) in [4.78, 5) is 0. The van der Waals surface area contributed by atoms with Gasteiger partial charge in [0.25, 0.3) is 0 Å². The van der Waals surface area contributed by atoms with Crippen LogP contribution in [0.4, 0.5) is 5.82 Å². The molecule has 1 aromatic heterocycles. The Morgan fingerprint density at radius 1 is 1.79 bits per heavy atom. The summed E-state index contributed by atoms with van der Waals surface area (Å²) in [6.45, 7) is 5.54. The van der Waals surface area contributed by atoms with Crippen molar-refractivity contribution in [3.05, 3.63) is 12.3 Å². The molecule has 1 atom stereocenters. The molecule has 2 heterocycles. The predicted octanol–water partition coefficient (Wildman–Crippen LogP) is 0.190. The smallest absolute Gasteiger partial charge is 0.145 e. The molecule has 0 aromatic carbocycles. The number of nitrogens with one attached hydrogen (secondary N) is 1. The monoisotopic (exact) mass is 196 g/mol. The van der Waals surface area contributed by atoms with Crippen LogP contribution in [0.5, 0.6) is 0 Å². The Balaban J connectivity index is 1.94. The lowest BCUT2D eigenvalue weighted by Gasteiger charge is -2.18. The Morgan fingerprint density at radius 3 is 3.07 bits per heavy atom. The first-order valence-electron chi connectivity index (χ1n) is 4.76. The Kier molecular flexibility index (Phi) is 2.20. The molecule has 0 aliphatic carbocycles. The van der Waals surface area contributed by atoms with Gasteiger partial charge in [0.15, 0.2) is 0 Å². The third kappa shape index (κ3) is 2.05. The van der Waals surface area contributed by atoms with Gasteiger partial charge in [-0.2, -0.15) is 5.10 Å². The van der Waals surface area contributed by atoms with Crippen LogP contribution in [0.2, 0.25) is 0 Å². The lowest BCUT2D eigenvalue weighted by atomic mass is 10.3. The van der Waals surface area contributed by atoms with Crippen LogP contribution < -0.4 is 11.1 Å². The standard InChI is InChI=1S/C9H16N4O/c1-9(2)11-7(6-14-9)5-13-4-3-8(10)12-13/h3-4,7,11H,5-6H2,1-2H3,(H2,10,12)/t7-/m1/s1. The fourth-order valence-electron chi connectivity index (χ4n) is 1.69. The van der Waals surface area contributed by atoms with Gasteiger partial charge >= 0.3 is 0 Å². The highest BCUT2D eigenvalue weighted by molar-refractivity contribution is 5.23. The van der Waals surface area contributed by atoms with E-state index in [1.807, 2.05) is 24.7 Å². The number of nitrogens with zero attached hydrogens (tertiary/aromatic N) is 2. The maximum Gasteiger partial charge on any atom is 0.145 e. The van der Waals surface area contributed by atoms with E-state index in [4.69, 9.17) is 10.5 Å². The van der Waals surface area contributed by atoms with Crippen molar-refractivity contribution in [3.63, 3.8) is 0 Å². The summed E-state index contributed by atoms with van der Waals surface area (Å²) in [6, 6.07) is 2.10. The number of ether oxygens (including phenoxy) is 1. The number of hydrogen-bond acceptors (Lipinski definition) is 4. The SMILES string of the molecule is CC1(C)N[C@H](Cn2ccc(N)n2)CO1. The fourth-order valence-corrected chi connectivity index (χ4v) is 1.69. The van der Waals surface area contributed by atoms with Crippen molar-refractivity contribution in [2.75, 3.05) is 12.3 Å². The molecule has 0 bridgehead atoms. The van der Waals surface area contributed by atoms with Gasteiger partial charge in [-0.1, -0.05) is 0 Å². The summed E-state index contributed by atoms with van der Waals surface area (Å²) in [5, 5.41) is 7.48. The first-order valence-corrected chi connectivity index (χ1v) is 4.76. The number of rotatable bonds is 2. The molecule has 0 amide bonds. The van der Waals surface area contributed by atoms with Crippen molar-refractivity contribution in [2.45, 2.75) is 32.2 Å². The van der Waals surface area contributed by atoms with E-state index in [0.717, 1.165) is 6.54 Å². The van der Waals surface area contributed by atoms with Gasteiger partial charge in [0.05, 0.1) is 19.2 Å². The van der Waals surface area contributed by atoms with E-state index < -0.39 is 0 Å². The molecule has 0 saturated carbocycles. The molecule has 5 heteroatoms. The minimum absolute atomic E-state index is 0.219. The zero-order valence-electron chi connectivity index (χ0n) is 8.53. The van der Waals surface area contributed by atoms with Crippen LogP contribution >= 0.6 is 0 Å². The van der Waals surface area contributed by atoms with E-state index >= 15 is 0 Å². The molecule has 5 nitrogen and oxygen atoms in total. The summed E-state index contributed by atoms with van der Waals surface area (Å²) in [5.74, 6) is 0.558. The molecule has 1 aliphatic rings. The summed E-state index contributed by atoms with van der Waals surface area (Å²) in [6.07, 6.45) is 1.88. The molecular formula is C9H16N4O. The minimum atomic E-state index is -0.219. The number of hydrogen-bond donors (Lipinski definition) is 2. The maximum atomic E-state index is 5.55. The normalized spacial score (nSPS) is 25.4. The molecular weight excluding hydrogens is 180 g/mol. The number of nitrogens with two attached hydrogens (primary N) is 1. The van der Waals surface area contributed by atoms with Crippen LogP contribution in [0, 0.1) is 0 Å². The first-order chi connectivity index (χ1) is 6.55. The molecule has 14 heavy (non-hydrogen) atoms. The lowest BCUT2D eigenvalue weighted by molar-refractivity contribution is 0.0231. The largest absolute Gasteiger partial charge is 0.382 e. The Morgan fingerprint density at radius 2 is 2.57 bits per heavy atom. The third-order valence-corrected chi connectivity index (χ3v) is 2.27. The minimum Gasteiger partial charge on any atom is -0.382 e. The van der Waals surface area contributed by atoms with Crippen LogP contribution in [-0.2, 0) is 11.3 Å². The van der Waals surface area contributed by atoms with Crippen molar-refractivity contribution in [2.24, 2.45) is 0 Å². The van der Waals surface area contributed by atoms with Crippen molar-refractivity contribution in [1.82, 2.24) is 15.1 Å². The van der Waals surface area contributed by atoms with Crippen LogP contribution in [0.1, 0.15) is 13.8 Å². The summed E-state index contributed by atoms with van der Waals surface area (Å²) in [5.41, 5.74) is 5.30. The van der Waals surface area contributed by atoms with Gasteiger partial charge in [0.2, 0.25) is 0 Å². The van der Waals surface area contributed by atoms with Crippen molar-refractivity contribution in [1.29, 1.82) is 0 Å². The summed E-state index contributed by atoms with van der Waals surface area (Å²) < 4.78 is 7.38. The van der Waals surface area contributed by atoms with Gasteiger partial charge in [-0.15, -0.1) is 0 Å². The summed E-state index contributed by atoms with van der Waals surface area (Å²) in [7, 11) is 0. The quantitative estimate of drug-likeness (QED) is 0.708. The average Bonchev–Trinajstić information content (AvgIpc) is 2.59. The Hall–Kier alpha value is -1.07. The molecule has 1 saturated heterocycles. The molecule has 0 unspecified atom stereocenters. The molecule has 1 fully saturated rings. The van der Waals surface area contributed by atoms with Gasteiger partial charge in [-0.05, 0) is 19.9 Å². The van der Waals surface area contributed by atoms with Crippen LogP contribution in [0.15, 0.2) is 12.3 Å². The van der Waals surface area contributed by atoms with Crippen LogP contribution in [0.3, 0.4) is 0 Å². The Bertz CT molecular complexity index is 320. The van der Waals surface area contributed by atoms with Gasteiger partial charge in [0, 0.05) is 6.20 Å². The van der Waals surface area contributed by atoms with Gasteiger partial charge in [0.1, 0.15) is 11.5 Å². The molecule has 78 valence electrons. The van der Waals surface area contributed by atoms with E-state index in [1.165, 1.54) is 0 Å². The van der Waals surface area contributed by atoms with Crippen molar-refractivity contribution >= 4 is 5.82 Å². The average molecular weight is 196 g/mol. The van der Waals surface area contributed by atoms with Crippen LogP contribution in [0.25, 0.3) is 0 Å². The highest BCUT2D eigenvalue weighted by Crippen LogP contribution is 2.15. The highest BCUT2D eigenvalue weighted by Gasteiger charge is 2.30. The molecule has 3 N–H and O–H groups in total. The fraction of sp³-hybridized carbons (Fsp3) is 0.667. The number of aromatic nitrogens is 2. The third-order valence-electron chi connectivity index (χ3n) is 2.27. The second-order valence-electron chi connectivity index (χ2n) is 4.13. The zero-order chi connectivity index (χ0) is 10.2. The molecule has 0 radical (unpaired) electrons. The molecule has 1 aliphatic heterocycles. The highest BCUT2D eigenvalue weighted by atomic mass is 16.5. The van der Waals surface area contributed by atoms with E-state index in [2.05, 4.69) is 10.4 Å². The van der Waals surface area contributed by atoms with E-state index in [9.17, 15) is 0 Å². The molecule has 0 spiro atoms. The predicted molar refractivity (Wildman–Crippen MR) is 53.6 cm³/mol. The number of nitrogen functional groups attached to an aromatic ring is 1. The van der Waals surface area contributed by atoms with E-state index in [-0.39, 0.29) is 5.72 Å². The van der Waals surface area contributed by atoms with E-state index in [1.54, 1.807) is 6.07 Å². The zero-order valence-corrected chi connectivity index (χ0v) is 8.53. The van der Waals surface area contributed by atoms with Crippen molar-refractivity contribution < 1.29 is 4.74 Å². The number of anilines is 1. The van der Waals surface area contributed by atoms with Gasteiger partial charge in [-0.25, -0.2) is 0 Å². The maximum absolute atomic E-state index is 5.55. The van der Waals surface area contributed by atoms with Crippen molar-refractivity contribution in [3.8, 4) is 0 Å². The van der Waals surface area contributed by atoms with Gasteiger partial charge in [-0.3, -0.25) is 10.00 Å².